The van der Waals surface area contributed by atoms with E-state index in [9.17, 15) is 24.3 Å². The minimum absolute atomic E-state index is 0.0195. The number of benzene rings is 3. The zero-order chi connectivity index (χ0) is 32.2. The molecule has 2 N–H and O–H groups in total. The molecule has 10 heteroatoms. The van der Waals surface area contributed by atoms with Crippen LogP contribution in [0.3, 0.4) is 0 Å². The van der Waals surface area contributed by atoms with Gasteiger partial charge in [-0.2, -0.15) is 0 Å². The summed E-state index contributed by atoms with van der Waals surface area (Å²) in [6, 6.07) is 18.6. The molecule has 3 aromatic carbocycles. The number of fused-ring (bicyclic) bond motifs is 3. The smallest absolute Gasteiger partial charge is 0.480 e. The van der Waals surface area contributed by atoms with E-state index in [4.69, 9.17) is 18.9 Å². The van der Waals surface area contributed by atoms with E-state index in [0.29, 0.717) is 5.56 Å². The average Bonchev–Trinajstić information content (AvgIpc) is 3.24. The molecule has 0 bridgehead atoms. The van der Waals surface area contributed by atoms with Crippen molar-refractivity contribution in [3.8, 4) is 16.9 Å². The van der Waals surface area contributed by atoms with Crippen molar-refractivity contribution >= 4 is 24.2 Å². The third-order valence-corrected chi connectivity index (χ3v) is 6.62. The molecule has 0 fully saturated rings. The number of aliphatic carboxylic acids is 1. The van der Waals surface area contributed by atoms with Crippen LogP contribution < -0.4 is 10.1 Å². The van der Waals surface area contributed by atoms with E-state index >= 15 is 0 Å². The lowest BCUT2D eigenvalue weighted by molar-refractivity contribution is -0.139. The first-order chi connectivity index (χ1) is 20.6. The van der Waals surface area contributed by atoms with Crippen molar-refractivity contribution in [2.24, 2.45) is 0 Å². The van der Waals surface area contributed by atoms with Crippen LogP contribution in [-0.4, -0.2) is 53.1 Å². The van der Waals surface area contributed by atoms with Crippen LogP contribution in [0.5, 0.6) is 5.75 Å². The van der Waals surface area contributed by atoms with Crippen LogP contribution in [0.4, 0.5) is 9.59 Å². The van der Waals surface area contributed by atoms with Gasteiger partial charge in [0.15, 0.2) is 0 Å². The molecule has 10 nitrogen and oxygen atoms in total. The van der Waals surface area contributed by atoms with Gasteiger partial charge in [0, 0.05) is 12.3 Å². The van der Waals surface area contributed by atoms with Crippen molar-refractivity contribution in [2.45, 2.75) is 71.1 Å². The van der Waals surface area contributed by atoms with Crippen LogP contribution in [0.2, 0.25) is 0 Å². The van der Waals surface area contributed by atoms with E-state index in [-0.39, 0.29) is 30.3 Å². The molecule has 232 valence electrons. The summed E-state index contributed by atoms with van der Waals surface area (Å²) < 4.78 is 21.5. The fourth-order valence-electron chi connectivity index (χ4n) is 4.86. The molecular formula is C34H37NO9. The van der Waals surface area contributed by atoms with Gasteiger partial charge in [-0.15, -0.1) is 0 Å². The standard InChI is InChI=1S/C34H37NO9/c1-33(2,3)43-30(38)25-17-20(15-16-28(25)42-32(40)44-34(4,5)6)18-27(29(36)37)35-31(39)41-19-26-23-13-9-7-11-21(23)22-12-8-10-14-24(22)26/h7-17,26-27H,18-19H2,1-6H3,(H,35,39)(H,36,37)/t27-/m0/s1. The van der Waals surface area contributed by atoms with Gasteiger partial charge in [0.2, 0.25) is 0 Å². The molecule has 3 aromatic rings. The Labute approximate surface area is 256 Å². The second-order valence-corrected chi connectivity index (χ2v) is 12.5. The molecule has 0 spiro atoms. The first-order valence-corrected chi connectivity index (χ1v) is 14.2. The maximum atomic E-state index is 13.0. The number of carbonyl (C=O) groups excluding carboxylic acids is 3. The van der Waals surface area contributed by atoms with Crippen molar-refractivity contribution in [1.82, 2.24) is 5.32 Å². The van der Waals surface area contributed by atoms with Crippen LogP contribution >= 0.6 is 0 Å². The summed E-state index contributed by atoms with van der Waals surface area (Å²) >= 11 is 0. The summed E-state index contributed by atoms with van der Waals surface area (Å²) in [5, 5.41) is 12.3. The van der Waals surface area contributed by atoms with Crippen molar-refractivity contribution in [2.75, 3.05) is 6.61 Å². The van der Waals surface area contributed by atoms with Crippen molar-refractivity contribution < 1.29 is 43.2 Å². The van der Waals surface area contributed by atoms with E-state index in [1.807, 2.05) is 48.5 Å². The van der Waals surface area contributed by atoms with Gasteiger partial charge in [-0.1, -0.05) is 54.6 Å². The average molecular weight is 604 g/mol. The van der Waals surface area contributed by atoms with Crippen LogP contribution in [0.15, 0.2) is 66.7 Å². The minimum Gasteiger partial charge on any atom is -0.480 e. The maximum absolute atomic E-state index is 13.0. The van der Waals surface area contributed by atoms with E-state index in [1.165, 1.54) is 18.2 Å². The maximum Gasteiger partial charge on any atom is 0.514 e. The van der Waals surface area contributed by atoms with Gasteiger partial charge in [-0.25, -0.2) is 19.2 Å². The van der Waals surface area contributed by atoms with Gasteiger partial charge < -0.3 is 29.4 Å². The van der Waals surface area contributed by atoms with Gasteiger partial charge in [0.05, 0.1) is 0 Å². The summed E-state index contributed by atoms with van der Waals surface area (Å²) in [6.07, 6.45) is -2.10. The SMILES string of the molecule is CC(C)(C)OC(=O)Oc1ccc(C[C@H](NC(=O)OCC2c3ccccc3-c3ccccc32)C(=O)O)cc1C(=O)OC(C)(C)C. The molecular weight excluding hydrogens is 566 g/mol. The Morgan fingerprint density at radius 1 is 0.818 bits per heavy atom. The lowest BCUT2D eigenvalue weighted by atomic mass is 9.98. The first-order valence-electron chi connectivity index (χ1n) is 14.2. The van der Waals surface area contributed by atoms with Crippen LogP contribution in [0.25, 0.3) is 11.1 Å². The largest absolute Gasteiger partial charge is 0.514 e. The van der Waals surface area contributed by atoms with Gasteiger partial charge in [0.25, 0.3) is 0 Å². The number of hydrogen-bond donors (Lipinski definition) is 2. The fraction of sp³-hybridized carbons (Fsp3) is 0.353. The zero-order valence-corrected chi connectivity index (χ0v) is 25.6. The second kappa shape index (κ2) is 12.8. The van der Waals surface area contributed by atoms with Crippen molar-refractivity contribution in [3.05, 3.63) is 89.0 Å². The molecule has 0 saturated carbocycles. The molecule has 0 unspecified atom stereocenters. The Balaban J connectivity index is 1.48. The number of hydrogen-bond acceptors (Lipinski definition) is 8. The molecule has 0 aromatic heterocycles. The third kappa shape index (κ3) is 8.15. The number of nitrogens with one attached hydrogen (secondary N) is 1. The fourth-order valence-corrected chi connectivity index (χ4v) is 4.86. The number of carbonyl (C=O) groups is 4. The number of carboxylic acids is 1. The van der Waals surface area contributed by atoms with Crippen LogP contribution in [0.1, 0.15) is 74.5 Å². The minimum atomic E-state index is -1.38. The molecule has 0 radical (unpaired) electrons. The zero-order valence-electron chi connectivity index (χ0n) is 25.6. The topological polar surface area (TPSA) is 137 Å². The second-order valence-electron chi connectivity index (χ2n) is 12.5. The van der Waals surface area contributed by atoms with E-state index in [1.54, 1.807) is 41.5 Å². The Morgan fingerprint density at radius 3 is 1.93 bits per heavy atom. The molecule has 4 rings (SSSR count). The van der Waals surface area contributed by atoms with Crippen LogP contribution in [0, 0.1) is 0 Å². The molecule has 0 heterocycles. The Hall–Kier alpha value is -4.86. The first kappa shape index (κ1) is 32.1. The lowest BCUT2D eigenvalue weighted by Crippen LogP contribution is -2.43. The summed E-state index contributed by atoms with van der Waals surface area (Å²) in [6.45, 7) is 10.1. The van der Waals surface area contributed by atoms with E-state index in [2.05, 4.69) is 5.32 Å². The van der Waals surface area contributed by atoms with Gasteiger partial charge in [-0.05, 0) is 81.5 Å². The number of esters is 1. The molecule has 1 aliphatic rings. The molecule has 44 heavy (non-hydrogen) atoms. The predicted molar refractivity (Wildman–Crippen MR) is 162 cm³/mol. The molecule has 0 saturated heterocycles. The third-order valence-electron chi connectivity index (χ3n) is 6.62. The van der Waals surface area contributed by atoms with E-state index in [0.717, 1.165) is 22.3 Å². The quantitative estimate of drug-likeness (QED) is 0.168. The van der Waals surface area contributed by atoms with Crippen molar-refractivity contribution in [1.29, 1.82) is 0 Å². The number of alkyl carbamates (subject to hydrolysis) is 1. The van der Waals surface area contributed by atoms with Gasteiger partial charge in [0.1, 0.15) is 35.2 Å². The monoisotopic (exact) mass is 603 g/mol. The Bertz CT molecular complexity index is 1520. The van der Waals surface area contributed by atoms with Crippen molar-refractivity contribution in [3.63, 3.8) is 0 Å². The Morgan fingerprint density at radius 2 is 1.39 bits per heavy atom. The number of rotatable bonds is 8. The highest BCUT2D eigenvalue weighted by atomic mass is 16.7. The highest BCUT2D eigenvalue weighted by Gasteiger charge is 2.30. The highest BCUT2D eigenvalue weighted by molar-refractivity contribution is 5.94. The van der Waals surface area contributed by atoms with E-state index < -0.39 is 41.4 Å². The normalized spacial score (nSPS) is 13.2. The molecule has 1 amide bonds. The van der Waals surface area contributed by atoms with Gasteiger partial charge in [-0.3, -0.25) is 0 Å². The molecule has 1 aliphatic carbocycles. The van der Waals surface area contributed by atoms with Crippen LogP contribution in [-0.2, 0) is 25.4 Å². The van der Waals surface area contributed by atoms with Gasteiger partial charge >= 0.3 is 24.2 Å². The summed E-state index contributed by atoms with van der Waals surface area (Å²) in [5.74, 6) is -2.39. The lowest BCUT2D eigenvalue weighted by Gasteiger charge is -2.22. The Kier molecular flexibility index (Phi) is 9.32. The summed E-state index contributed by atoms with van der Waals surface area (Å²) in [4.78, 5) is 50.3. The highest BCUT2D eigenvalue weighted by Crippen LogP contribution is 2.44. The predicted octanol–water partition coefficient (Wildman–Crippen LogP) is 6.49. The number of amides is 1. The molecule has 1 atom stereocenters. The summed E-state index contributed by atoms with van der Waals surface area (Å²) in [5.41, 5.74) is 2.77. The molecule has 0 aliphatic heterocycles. The number of carboxylic acid groups (broad SMARTS) is 1. The number of ether oxygens (including phenoxy) is 4. The summed E-state index contributed by atoms with van der Waals surface area (Å²) in [7, 11) is 0.